The topological polar surface area (TPSA) is 47.7 Å². The second kappa shape index (κ2) is 6.42. The number of hydrogen-bond acceptors (Lipinski definition) is 4. The zero-order valence-electron chi connectivity index (χ0n) is 12.5. The van der Waals surface area contributed by atoms with Crippen molar-refractivity contribution in [3.63, 3.8) is 0 Å². The van der Waals surface area contributed by atoms with E-state index in [1.165, 1.54) is 25.7 Å². The number of rotatable bonds is 4. The molecule has 2 aliphatic rings. The molecule has 0 amide bonds. The summed E-state index contributed by atoms with van der Waals surface area (Å²) in [6.07, 6.45) is 5.14. The number of fused-ring (bicyclic) bond motifs is 1. The summed E-state index contributed by atoms with van der Waals surface area (Å²) >= 11 is 6.35. The summed E-state index contributed by atoms with van der Waals surface area (Å²) in [4.78, 5) is 2.40. The average Bonchev–Trinajstić information content (AvgIpc) is 3.02. The van der Waals surface area contributed by atoms with Crippen molar-refractivity contribution < 1.29 is 9.47 Å². The third-order valence-electron chi connectivity index (χ3n) is 4.62. The van der Waals surface area contributed by atoms with E-state index in [1.54, 1.807) is 0 Å². The van der Waals surface area contributed by atoms with E-state index in [9.17, 15) is 0 Å². The molecule has 0 spiro atoms. The smallest absolute Gasteiger partial charge is 0.179 e. The van der Waals surface area contributed by atoms with Crippen LogP contribution >= 0.6 is 11.6 Å². The van der Waals surface area contributed by atoms with Crippen LogP contribution in [0.1, 0.15) is 37.3 Å². The molecule has 2 N–H and O–H groups in total. The van der Waals surface area contributed by atoms with Gasteiger partial charge in [0.2, 0.25) is 0 Å². The number of benzene rings is 1. The summed E-state index contributed by atoms with van der Waals surface area (Å²) < 4.78 is 11.3. The van der Waals surface area contributed by atoms with Gasteiger partial charge in [0.05, 0.1) is 5.02 Å². The molecule has 1 heterocycles. The van der Waals surface area contributed by atoms with Crippen molar-refractivity contribution in [2.24, 2.45) is 5.73 Å². The molecular weight excluding hydrogens is 288 g/mol. The second-order valence-corrected chi connectivity index (χ2v) is 6.29. The lowest BCUT2D eigenvalue weighted by molar-refractivity contribution is 0.166. The zero-order chi connectivity index (χ0) is 14.8. The Morgan fingerprint density at radius 2 is 2.00 bits per heavy atom. The van der Waals surface area contributed by atoms with Gasteiger partial charge in [0.25, 0.3) is 0 Å². The minimum absolute atomic E-state index is 0.168. The van der Waals surface area contributed by atoms with Crippen LogP contribution in [0.4, 0.5) is 0 Å². The molecule has 0 radical (unpaired) electrons. The fourth-order valence-electron chi connectivity index (χ4n) is 3.43. The maximum absolute atomic E-state index is 6.35. The Kier molecular flexibility index (Phi) is 4.57. The number of halogens is 1. The molecule has 0 aromatic heterocycles. The highest BCUT2D eigenvalue weighted by Crippen LogP contribution is 2.41. The van der Waals surface area contributed by atoms with Crippen molar-refractivity contribution in [3.8, 4) is 11.5 Å². The van der Waals surface area contributed by atoms with Gasteiger partial charge in [-0.1, -0.05) is 24.4 Å². The Balaban J connectivity index is 1.88. The van der Waals surface area contributed by atoms with Crippen LogP contribution in [0, 0.1) is 0 Å². The van der Waals surface area contributed by atoms with Crippen molar-refractivity contribution in [2.75, 3.05) is 26.8 Å². The molecule has 1 fully saturated rings. The molecule has 1 unspecified atom stereocenters. The SMILES string of the molecule is CN(C1CCCC1)C(CN)c1cc(Cl)c2c(c1)OCCO2. The van der Waals surface area contributed by atoms with E-state index in [0.717, 1.165) is 11.3 Å². The molecule has 0 bridgehead atoms. The lowest BCUT2D eigenvalue weighted by Gasteiger charge is -2.33. The van der Waals surface area contributed by atoms with E-state index in [1.807, 2.05) is 12.1 Å². The minimum Gasteiger partial charge on any atom is -0.486 e. The van der Waals surface area contributed by atoms with Crippen LogP contribution in [0.5, 0.6) is 11.5 Å². The summed E-state index contributed by atoms with van der Waals surface area (Å²) in [6, 6.07) is 4.79. The molecule has 1 atom stereocenters. The molecule has 116 valence electrons. The van der Waals surface area contributed by atoms with Crippen LogP contribution in [-0.4, -0.2) is 37.7 Å². The van der Waals surface area contributed by atoms with Crippen molar-refractivity contribution in [1.29, 1.82) is 0 Å². The van der Waals surface area contributed by atoms with Crippen molar-refractivity contribution in [2.45, 2.75) is 37.8 Å². The third-order valence-corrected chi connectivity index (χ3v) is 4.90. The van der Waals surface area contributed by atoms with Gasteiger partial charge in [-0.05, 0) is 37.6 Å². The lowest BCUT2D eigenvalue weighted by Crippen LogP contribution is -2.37. The maximum atomic E-state index is 6.35. The zero-order valence-corrected chi connectivity index (χ0v) is 13.2. The molecule has 21 heavy (non-hydrogen) atoms. The standard InChI is InChI=1S/C16H23ClN2O2/c1-19(12-4-2-3-5-12)14(10-18)11-8-13(17)16-15(9-11)20-6-7-21-16/h8-9,12,14H,2-7,10,18H2,1H3. The second-order valence-electron chi connectivity index (χ2n) is 5.88. The van der Waals surface area contributed by atoms with Gasteiger partial charge >= 0.3 is 0 Å². The Labute approximate surface area is 131 Å². The van der Waals surface area contributed by atoms with Gasteiger partial charge in [0, 0.05) is 18.6 Å². The highest BCUT2D eigenvalue weighted by atomic mass is 35.5. The summed E-state index contributed by atoms with van der Waals surface area (Å²) in [5.41, 5.74) is 7.15. The molecule has 5 heteroatoms. The molecule has 1 aliphatic heterocycles. The average molecular weight is 311 g/mol. The molecule has 0 saturated heterocycles. The van der Waals surface area contributed by atoms with Crippen LogP contribution in [-0.2, 0) is 0 Å². The van der Waals surface area contributed by atoms with E-state index >= 15 is 0 Å². The Bertz CT molecular complexity index is 503. The third kappa shape index (κ3) is 2.98. The van der Waals surface area contributed by atoms with Crippen molar-refractivity contribution >= 4 is 11.6 Å². The van der Waals surface area contributed by atoms with Crippen molar-refractivity contribution in [1.82, 2.24) is 4.90 Å². The number of ether oxygens (including phenoxy) is 2. The fraction of sp³-hybridized carbons (Fsp3) is 0.625. The van der Waals surface area contributed by atoms with Gasteiger partial charge in [0.1, 0.15) is 13.2 Å². The molecule has 4 nitrogen and oxygen atoms in total. The molecule has 1 aliphatic carbocycles. The number of hydrogen-bond donors (Lipinski definition) is 1. The summed E-state index contributed by atoms with van der Waals surface area (Å²) in [6.45, 7) is 1.69. The van der Waals surface area contributed by atoms with Crippen LogP contribution < -0.4 is 15.2 Å². The van der Waals surface area contributed by atoms with Crippen LogP contribution in [0.15, 0.2) is 12.1 Å². The first-order valence-electron chi connectivity index (χ1n) is 7.71. The van der Waals surface area contributed by atoms with Gasteiger partial charge in [-0.15, -0.1) is 0 Å². The molecule has 1 saturated carbocycles. The predicted molar refractivity (Wildman–Crippen MR) is 84.3 cm³/mol. The van der Waals surface area contributed by atoms with E-state index < -0.39 is 0 Å². The quantitative estimate of drug-likeness (QED) is 0.929. The van der Waals surface area contributed by atoms with Gasteiger partial charge in [-0.3, -0.25) is 4.90 Å². The minimum atomic E-state index is 0.168. The van der Waals surface area contributed by atoms with E-state index in [0.29, 0.717) is 36.6 Å². The van der Waals surface area contributed by atoms with Crippen LogP contribution in [0.3, 0.4) is 0 Å². The Hall–Kier alpha value is -0.970. The highest BCUT2D eigenvalue weighted by Gasteiger charge is 2.27. The first-order valence-corrected chi connectivity index (χ1v) is 8.09. The molecule has 1 aromatic carbocycles. The first-order chi connectivity index (χ1) is 10.2. The van der Waals surface area contributed by atoms with Gasteiger partial charge in [-0.25, -0.2) is 0 Å². The number of nitrogens with two attached hydrogens (primary N) is 1. The number of likely N-dealkylation sites (N-methyl/N-ethyl adjacent to an activating group) is 1. The lowest BCUT2D eigenvalue weighted by atomic mass is 10.0. The summed E-state index contributed by atoms with van der Waals surface area (Å²) in [5.74, 6) is 1.40. The Morgan fingerprint density at radius 1 is 1.29 bits per heavy atom. The number of nitrogens with zero attached hydrogens (tertiary/aromatic N) is 1. The first kappa shape index (κ1) is 14.9. The monoisotopic (exact) mass is 310 g/mol. The van der Waals surface area contributed by atoms with E-state index in [2.05, 4.69) is 11.9 Å². The normalized spacial score (nSPS) is 20.0. The van der Waals surface area contributed by atoms with Gasteiger partial charge in [0.15, 0.2) is 11.5 Å². The highest BCUT2D eigenvalue weighted by molar-refractivity contribution is 6.32. The largest absolute Gasteiger partial charge is 0.486 e. The summed E-state index contributed by atoms with van der Waals surface area (Å²) in [5, 5.41) is 0.612. The van der Waals surface area contributed by atoms with E-state index in [-0.39, 0.29) is 6.04 Å². The predicted octanol–water partition coefficient (Wildman–Crippen LogP) is 2.99. The molecule has 1 aromatic rings. The molecule has 3 rings (SSSR count). The van der Waals surface area contributed by atoms with E-state index in [4.69, 9.17) is 26.8 Å². The van der Waals surface area contributed by atoms with Crippen LogP contribution in [0.2, 0.25) is 5.02 Å². The van der Waals surface area contributed by atoms with Gasteiger partial charge < -0.3 is 15.2 Å². The van der Waals surface area contributed by atoms with Gasteiger partial charge in [-0.2, -0.15) is 0 Å². The maximum Gasteiger partial charge on any atom is 0.179 e. The van der Waals surface area contributed by atoms with Crippen molar-refractivity contribution in [3.05, 3.63) is 22.7 Å². The fourth-order valence-corrected chi connectivity index (χ4v) is 3.70. The summed E-state index contributed by atoms with van der Waals surface area (Å²) in [7, 11) is 2.16. The Morgan fingerprint density at radius 3 is 2.71 bits per heavy atom. The molecular formula is C16H23ClN2O2. The van der Waals surface area contributed by atoms with Crippen LogP contribution in [0.25, 0.3) is 0 Å².